The molecule has 0 aromatic carbocycles. The summed E-state index contributed by atoms with van der Waals surface area (Å²) in [6, 6.07) is -0.100. The lowest BCUT2D eigenvalue weighted by molar-refractivity contribution is -0.0361. The van der Waals surface area contributed by atoms with Crippen molar-refractivity contribution in [1.82, 2.24) is 9.97 Å². The quantitative estimate of drug-likeness (QED) is 0.680. The first-order valence-corrected chi connectivity index (χ1v) is 9.80. The summed E-state index contributed by atoms with van der Waals surface area (Å²) in [5, 5.41) is 13.2. The van der Waals surface area contributed by atoms with Gasteiger partial charge in [-0.2, -0.15) is 0 Å². The monoisotopic (exact) mass is 382 g/mol. The minimum Gasteiger partial charge on any atom is -0.393 e. The molecule has 1 aromatic heterocycles. The average Bonchev–Trinajstić information content (AvgIpc) is 2.80. The summed E-state index contributed by atoms with van der Waals surface area (Å²) < 4.78 is 26.6. The number of anilines is 1. The van der Waals surface area contributed by atoms with Crippen molar-refractivity contribution in [3.8, 4) is 0 Å². The van der Waals surface area contributed by atoms with Crippen LogP contribution >= 0.6 is 0 Å². The molecule has 4 N–H and O–H groups in total. The first-order valence-electron chi connectivity index (χ1n) is 9.80. The molecule has 3 rings (SSSR count). The largest absolute Gasteiger partial charge is 0.393 e. The highest BCUT2D eigenvalue weighted by atomic mass is 19.3. The topological polar surface area (TPSA) is 101 Å². The van der Waals surface area contributed by atoms with Crippen molar-refractivity contribution >= 4 is 11.9 Å². The summed E-state index contributed by atoms with van der Waals surface area (Å²) >= 11 is 0. The Labute approximate surface area is 158 Å². The summed E-state index contributed by atoms with van der Waals surface area (Å²) in [4.78, 5) is 20.4. The van der Waals surface area contributed by atoms with Crippen LogP contribution in [0.4, 0.5) is 14.7 Å². The maximum atomic E-state index is 13.3. The molecule has 2 aliphatic carbocycles. The third-order valence-electron chi connectivity index (χ3n) is 5.67. The number of hydrogen-bond acceptors (Lipinski definition) is 5. The average molecular weight is 382 g/mol. The molecule has 0 aliphatic heterocycles. The molecule has 1 amide bonds. The van der Waals surface area contributed by atoms with Crippen LogP contribution in [-0.4, -0.2) is 39.1 Å². The SMILES string of the molecule is NC(=O)c1cnc(NC2CCC(F)(F)CC2)nc1C[C@@H]1CCCC[C@H](O)C1. The number of alkyl halides is 2. The number of carbonyl (C=O) groups excluding carboxylic acids is 1. The predicted octanol–water partition coefficient (Wildman–Crippen LogP) is 3.05. The van der Waals surface area contributed by atoms with Gasteiger partial charge in [-0.1, -0.05) is 12.8 Å². The van der Waals surface area contributed by atoms with Gasteiger partial charge in [0.05, 0.1) is 17.4 Å². The van der Waals surface area contributed by atoms with E-state index < -0.39 is 11.8 Å². The van der Waals surface area contributed by atoms with Crippen LogP contribution in [0.2, 0.25) is 0 Å². The van der Waals surface area contributed by atoms with E-state index in [-0.39, 0.29) is 36.5 Å². The van der Waals surface area contributed by atoms with E-state index >= 15 is 0 Å². The zero-order valence-electron chi connectivity index (χ0n) is 15.5. The fraction of sp³-hybridized carbons (Fsp3) is 0.737. The number of carbonyl (C=O) groups is 1. The number of hydrogen-bond donors (Lipinski definition) is 3. The Morgan fingerprint density at radius 1 is 1.26 bits per heavy atom. The third kappa shape index (κ3) is 5.57. The lowest BCUT2D eigenvalue weighted by atomic mass is 9.92. The molecular formula is C19H28F2N4O2. The number of aliphatic hydroxyl groups is 1. The van der Waals surface area contributed by atoms with Crippen molar-refractivity contribution in [2.75, 3.05) is 5.32 Å². The minimum atomic E-state index is -2.58. The van der Waals surface area contributed by atoms with E-state index in [1.54, 1.807) is 0 Å². The fourth-order valence-electron chi connectivity index (χ4n) is 4.11. The second-order valence-electron chi connectivity index (χ2n) is 7.94. The summed E-state index contributed by atoms with van der Waals surface area (Å²) in [5.74, 6) is -2.58. The van der Waals surface area contributed by atoms with Crippen molar-refractivity contribution in [1.29, 1.82) is 0 Å². The first kappa shape index (κ1) is 19.9. The van der Waals surface area contributed by atoms with Crippen LogP contribution in [0.25, 0.3) is 0 Å². The van der Waals surface area contributed by atoms with Crippen LogP contribution in [0.15, 0.2) is 6.20 Å². The number of aliphatic hydroxyl groups excluding tert-OH is 1. The molecule has 2 aliphatic rings. The molecule has 0 unspecified atom stereocenters. The van der Waals surface area contributed by atoms with Gasteiger partial charge in [0.2, 0.25) is 11.9 Å². The van der Waals surface area contributed by atoms with Gasteiger partial charge in [-0.15, -0.1) is 0 Å². The van der Waals surface area contributed by atoms with Crippen molar-refractivity contribution < 1.29 is 18.7 Å². The first-order chi connectivity index (χ1) is 12.8. The van der Waals surface area contributed by atoms with Gasteiger partial charge in [-0.3, -0.25) is 4.79 Å². The van der Waals surface area contributed by atoms with Crippen LogP contribution in [0.3, 0.4) is 0 Å². The van der Waals surface area contributed by atoms with Crippen LogP contribution in [0.1, 0.15) is 73.8 Å². The summed E-state index contributed by atoms with van der Waals surface area (Å²) in [6.07, 6.45) is 6.59. The summed E-state index contributed by atoms with van der Waals surface area (Å²) in [7, 11) is 0. The molecule has 1 heterocycles. The normalized spacial score (nSPS) is 26.3. The molecular weight excluding hydrogens is 354 g/mol. The van der Waals surface area contributed by atoms with Crippen molar-refractivity contribution in [3.05, 3.63) is 17.5 Å². The van der Waals surface area contributed by atoms with Gasteiger partial charge in [0, 0.05) is 25.1 Å². The van der Waals surface area contributed by atoms with Crippen molar-refractivity contribution in [2.45, 2.75) is 82.3 Å². The Bertz CT molecular complexity index is 661. The molecule has 0 saturated heterocycles. The van der Waals surface area contributed by atoms with Gasteiger partial charge in [0.15, 0.2) is 0 Å². The zero-order valence-corrected chi connectivity index (χ0v) is 15.5. The van der Waals surface area contributed by atoms with Crippen LogP contribution < -0.4 is 11.1 Å². The highest BCUT2D eigenvalue weighted by Gasteiger charge is 2.35. The predicted molar refractivity (Wildman–Crippen MR) is 97.7 cm³/mol. The lowest BCUT2D eigenvalue weighted by Gasteiger charge is -2.29. The fourth-order valence-corrected chi connectivity index (χ4v) is 4.11. The van der Waals surface area contributed by atoms with Gasteiger partial charge < -0.3 is 16.2 Å². The van der Waals surface area contributed by atoms with E-state index in [4.69, 9.17) is 5.73 Å². The second-order valence-corrected chi connectivity index (χ2v) is 7.94. The lowest BCUT2D eigenvalue weighted by Crippen LogP contribution is -2.32. The highest BCUT2D eigenvalue weighted by molar-refractivity contribution is 5.93. The van der Waals surface area contributed by atoms with Gasteiger partial charge in [0.1, 0.15) is 0 Å². The Balaban J connectivity index is 1.71. The van der Waals surface area contributed by atoms with E-state index in [2.05, 4.69) is 15.3 Å². The van der Waals surface area contributed by atoms with E-state index in [0.717, 1.165) is 25.7 Å². The molecule has 27 heavy (non-hydrogen) atoms. The third-order valence-corrected chi connectivity index (χ3v) is 5.67. The number of aromatic nitrogens is 2. The van der Waals surface area contributed by atoms with Gasteiger partial charge >= 0.3 is 0 Å². The second kappa shape index (κ2) is 8.46. The maximum Gasteiger partial charge on any atom is 0.252 e. The highest BCUT2D eigenvalue weighted by Crippen LogP contribution is 2.34. The minimum absolute atomic E-state index is 0.100. The molecule has 1 aromatic rings. The van der Waals surface area contributed by atoms with Gasteiger partial charge in [-0.25, -0.2) is 18.7 Å². The molecule has 2 fully saturated rings. The summed E-state index contributed by atoms with van der Waals surface area (Å²) in [6.45, 7) is 0. The molecule has 2 atom stereocenters. The summed E-state index contributed by atoms with van der Waals surface area (Å²) in [5.41, 5.74) is 6.33. The van der Waals surface area contributed by atoms with E-state index in [0.29, 0.717) is 37.3 Å². The molecule has 150 valence electrons. The van der Waals surface area contributed by atoms with Crippen LogP contribution in [0, 0.1) is 5.92 Å². The molecule has 0 bridgehead atoms. The van der Waals surface area contributed by atoms with E-state index in [1.807, 2.05) is 0 Å². The van der Waals surface area contributed by atoms with Crippen molar-refractivity contribution in [3.63, 3.8) is 0 Å². The standard InChI is InChI=1S/C19H28F2N4O2/c20-19(21)7-5-13(6-8-19)24-18-23-11-15(17(22)27)16(25-18)10-12-3-1-2-4-14(26)9-12/h11-14,26H,1-10H2,(H2,22,27)(H,23,24,25)/t12-,14+/m1/s1. The Kier molecular flexibility index (Phi) is 6.24. The smallest absolute Gasteiger partial charge is 0.252 e. The maximum absolute atomic E-state index is 13.3. The van der Waals surface area contributed by atoms with Gasteiger partial charge in [0.25, 0.3) is 5.91 Å². The Hall–Kier alpha value is -1.83. The van der Waals surface area contributed by atoms with Crippen LogP contribution in [0.5, 0.6) is 0 Å². The number of rotatable bonds is 5. The molecule has 0 radical (unpaired) electrons. The number of primary amides is 1. The van der Waals surface area contributed by atoms with E-state index in [1.165, 1.54) is 6.20 Å². The molecule has 6 nitrogen and oxygen atoms in total. The number of halogens is 2. The molecule has 8 heteroatoms. The van der Waals surface area contributed by atoms with Crippen LogP contribution in [-0.2, 0) is 6.42 Å². The number of amides is 1. The Morgan fingerprint density at radius 2 is 1.96 bits per heavy atom. The van der Waals surface area contributed by atoms with E-state index in [9.17, 15) is 18.7 Å². The number of nitrogens with two attached hydrogens (primary N) is 1. The molecule has 0 spiro atoms. The van der Waals surface area contributed by atoms with Crippen molar-refractivity contribution in [2.24, 2.45) is 11.7 Å². The number of nitrogens with one attached hydrogen (secondary N) is 1. The zero-order chi connectivity index (χ0) is 19.4. The number of nitrogens with zero attached hydrogens (tertiary/aromatic N) is 2. The molecule has 2 saturated carbocycles. The van der Waals surface area contributed by atoms with Gasteiger partial charge in [-0.05, 0) is 44.4 Å². The Morgan fingerprint density at radius 3 is 2.67 bits per heavy atom.